The molecule has 0 N–H and O–H groups in total. The Morgan fingerprint density at radius 3 is 2.56 bits per heavy atom. The first-order valence-corrected chi connectivity index (χ1v) is 8.80. The number of rotatable bonds is 6. The van der Waals surface area contributed by atoms with E-state index < -0.39 is 0 Å². The summed E-state index contributed by atoms with van der Waals surface area (Å²) >= 11 is 0. The number of hydrogen-bond donors (Lipinski definition) is 0. The molecule has 2 heterocycles. The lowest BCUT2D eigenvalue weighted by molar-refractivity contribution is -0.119. The Hall–Kier alpha value is -2.18. The highest BCUT2D eigenvalue weighted by Gasteiger charge is 2.19. The highest BCUT2D eigenvalue weighted by Crippen LogP contribution is 2.15. The fraction of sp³-hybridized carbons (Fsp3) is 0.474. The van der Waals surface area contributed by atoms with Gasteiger partial charge in [-0.05, 0) is 32.0 Å². The van der Waals surface area contributed by atoms with E-state index in [-0.39, 0.29) is 12.5 Å². The van der Waals surface area contributed by atoms with Gasteiger partial charge in [0, 0.05) is 37.6 Å². The topological polar surface area (TPSA) is 50.6 Å². The van der Waals surface area contributed by atoms with Gasteiger partial charge in [0.15, 0.2) is 0 Å². The summed E-state index contributed by atoms with van der Waals surface area (Å²) in [6.07, 6.45) is 0. The molecule has 25 heavy (non-hydrogen) atoms. The van der Waals surface area contributed by atoms with Crippen LogP contribution in [0.1, 0.15) is 11.4 Å². The zero-order valence-corrected chi connectivity index (χ0v) is 15.0. The van der Waals surface area contributed by atoms with Gasteiger partial charge in [0.25, 0.3) is 0 Å². The number of ether oxygens (including phenoxy) is 1. The maximum atomic E-state index is 13.0. The predicted octanol–water partition coefficient (Wildman–Crippen LogP) is 1.87. The second kappa shape index (κ2) is 8.27. The number of aryl methyl sites for hydroxylation is 2. The first kappa shape index (κ1) is 17.6. The van der Waals surface area contributed by atoms with Crippen molar-refractivity contribution in [3.63, 3.8) is 0 Å². The average Bonchev–Trinajstić information content (AvgIpc) is 2.94. The van der Waals surface area contributed by atoms with Gasteiger partial charge in [-0.25, -0.2) is 0 Å². The molecule has 0 spiro atoms. The molecule has 134 valence electrons. The van der Waals surface area contributed by atoms with Crippen molar-refractivity contribution in [1.82, 2.24) is 14.7 Å². The molecule has 1 aromatic heterocycles. The number of hydrogen-bond acceptors (Lipinski definition) is 4. The lowest BCUT2D eigenvalue weighted by Crippen LogP contribution is -2.44. The van der Waals surface area contributed by atoms with Crippen LogP contribution in [0.25, 0.3) is 0 Å². The molecule has 1 aliphatic rings. The lowest BCUT2D eigenvalue weighted by Gasteiger charge is -2.30. The molecule has 1 aliphatic heterocycles. The van der Waals surface area contributed by atoms with Crippen molar-refractivity contribution in [2.75, 3.05) is 44.3 Å². The molecule has 0 atom stereocenters. The van der Waals surface area contributed by atoms with Crippen LogP contribution in [0.3, 0.4) is 0 Å². The van der Waals surface area contributed by atoms with Gasteiger partial charge in [-0.2, -0.15) is 5.10 Å². The minimum atomic E-state index is 0.0608. The van der Waals surface area contributed by atoms with E-state index in [4.69, 9.17) is 4.74 Å². The molecule has 2 aromatic rings. The molecule has 0 unspecified atom stereocenters. The van der Waals surface area contributed by atoms with Crippen molar-refractivity contribution >= 4 is 11.6 Å². The Balaban J connectivity index is 1.71. The van der Waals surface area contributed by atoms with Gasteiger partial charge in [-0.1, -0.05) is 18.2 Å². The molecular weight excluding hydrogens is 316 g/mol. The minimum Gasteiger partial charge on any atom is -0.379 e. The normalized spacial score (nSPS) is 15.3. The SMILES string of the molecule is Cc1cc(C)n(CC(=O)N(CCN2CCOCC2)c2ccccc2)n1. The molecule has 1 aromatic carbocycles. The molecule has 1 fully saturated rings. The van der Waals surface area contributed by atoms with Crippen LogP contribution in [-0.2, 0) is 16.1 Å². The van der Waals surface area contributed by atoms with Gasteiger partial charge < -0.3 is 9.64 Å². The first-order chi connectivity index (χ1) is 12.1. The summed E-state index contributed by atoms with van der Waals surface area (Å²) in [6, 6.07) is 11.9. The molecule has 0 aliphatic carbocycles. The van der Waals surface area contributed by atoms with Crippen LogP contribution in [-0.4, -0.2) is 60.0 Å². The van der Waals surface area contributed by atoms with Crippen LogP contribution >= 0.6 is 0 Å². The maximum Gasteiger partial charge on any atom is 0.248 e. The van der Waals surface area contributed by atoms with Gasteiger partial charge in [-0.3, -0.25) is 14.4 Å². The van der Waals surface area contributed by atoms with Crippen LogP contribution in [0.5, 0.6) is 0 Å². The molecule has 6 nitrogen and oxygen atoms in total. The first-order valence-electron chi connectivity index (χ1n) is 8.80. The highest BCUT2D eigenvalue weighted by atomic mass is 16.5. The number of anilines is 1. The van der Waals surface area contributed by atoms with Crippen molar-refractivity contribution in [1.29, 1.82) is 0 Å². The third-order valence-electron chi connectivity index (χ3n) is 4.50. The zero-order valence-electron chi connectivity index (χ0n) is 15.0. The number of amides is 1. The van der Waals surface area contributed by atoms with E-state index in [9.17, 15) is 4.79 Å². The molecular formula is C19H26N4O2. The second-order valence-electron chi connectivity index (χ2n) is 6.42. The van der Waals surface area contributed by atoms with Gasteiger partial charge in [-0.15, -0.1) is 0 Å². The van der Waals surface area contributed by atoms with E-state index in [1.807, 2.05) is 55.1 Å². The van der Waals surface area contributed by atoms with Crippen LogP contribution in [0.15, 0.2) is 36.4 Å². The minimum absolute atomic E-state index is 0.0608. The monoisotopic (exact) mass is 342 g/mol. The van der Waals surface area contributed by atoms with E-state index in [0.717, 1.165) is 49.9 Å². The van der Waals surface area contributed by atoms with Crippen molar-refractivity contribution in [2.24, 2.45) is 0 Å². The van der Waals surface area contributed by atoms with E-state index in [2.05, 4.69) is 10.00 Å². The Labute approximate surface area is 149 Å². The Morgan fingerprint density at radius 1 is 1.20 bits per heavy atom. The number of para-hydroxylation sites is 1. The lowest BCUT2D eigenvalue weighted by atomic mass is 10.2. The summed E-state index contributed by atoms with van der Waals surface area (Å²) in [7, 11) is 0. The third kappa shape index (κ3) is 4.67. The Kier molecular flexibility index (Phi) is 5.83. The van der Waals surface area contributed by atoms with E-state index in [1.54, 1.807) is 4.68 Å². The predicted molar refractivity (Wildman–Crippen MR) is 97.8 cm³/mol. The van der Waals surface area contributed by atoms with Gasteiger partial charge >= 0.3 is 0 Å². The molecule has 0 bridgehead atoms. The van der Waals surface area contributed by atoms with E-state index in [0.29, 0.717) is 6.54 Å². The summed E-state index contributed by atoms with van der Waals surface area (Å²) < 4.78 is 7.18. The second-order valence-corrected chi connectivity index (χ2v) is 6.42. The van der Waals surface area contributed by atoms with Gasteiger partial charge in [0.05, 0.1) is 18.9 Å². The van der Waals surface area contributed by atoms with Crippen LogP contribution in [0.4, 0.5) is 5.69 Å². The molecule has 0 saturated carbocycles. The van der Waals surface area contributed by atoms with Crippen LogP contribution in [0.2, 0.25) is 0 Å². The summed E-state index contributed by atoms with van der Waals surface area (Å²) in [6.45, 7) is 9.09. The van der Waals surface area contributed by atoms with Crippen molar-refractivity contribution in [3.8, 4) is 0 Å². The average molecular weight is 342 g/mol. The molecule has 6 heteroatoms. The summed E-state index contributed by atoms with van der Waals surface area (Å²) in [5.74, 6) is 0.0608. The summed E-state index contributed by atoms with van der Waals surface area (Å²) in [4.78, 5) is 17.2. The summed E-state index contributed by atoms with van der Waals surface area (Å²) in [5.41, 5.74) is 2.87. The van der Waals surface area contributed by atoms with Crippen LogP contribution < -0.4 is 4.90 Å². The summed E-state index contributed by atoms with van der Waals surface area (Å²) in [5, 5.41) is 4.42. The Morgan fingerprint density at radius 2 is 1.92 bits per heavy atom. The largest absolute Gasteiger partial charge is 0.379 e. The molecule has 1 amide bonds. The zero-order chi connectivity index (χ0) is 17.6. The fourth-order valence-corrected chi connectivity index (χ4v) is 3.12. The Bertz CT molecular complexity index is 693. The maximum absolute atomic E-state index is 13.0. The smallest absolute Gasteiger partial charge is 0.248 e. The number of morpholine rings is 1. The third-order valence-corrected chi connectivity index (χ3v) is 4.50. The highest BCUT2D eigenvalue weighted by molar-refractivity contribution is 5.93. The quantitative estimate of drug-likeness (QED) is 0.804. The van der Waals surface area contributed by atoms with Crippen molar-refractivity contribution in [3.05, 3.63) is 47.8 Å². The van der Waals surface area contributed by atoms with E-state index >= 15 is 0 Å². The molecule has 1 saturated heterocycles. The van der Waals surface area contributed by atoms with Crippen LogP contribution in [0, 0.1) is 13.8 Å². The fourth-order valence-electron chi connectivity index (χ4n) is 3.12. The van der Waals surface area contributed by atoms with Gasteiger partial charge in [0.1, 0.15) is 6.54 Å². The number of carbonyl (C=O) groups excluding carboxylic acids is 1. The number of nitrogens with zero attached hydrogens (tertiary/aromatic N) is 4. The molecule has 0 radical (unpaired) electrons. The van der Waals surface area contributed by atoms with Crippen molar-refractivity contribution < 1.29 is 9.53 Å². The standard InChI is InChI=1S/C19H26N4O2/c1-16-14-17(2)23(20-16)15-19(24)22(18-6-4-3-5-7-18)9-8-21-10-12-25-13-11-21/h3-7,14H,8-13,15H2,1-2H3. The van der Waals surface area contributed by atoms with Crippen molar-refractivity contribution in [2.45, 2.75) is 20.4 Å². The van der Waals surface area contributed by atoms with E-state index in [1.165, 1.54) is 0 Å². The molecule has 3 rings (SSSR count). The number of benzene rings is 1. The van der Waals surface area contributed by atoms with Gasteiger partial charge in [0.2, 0.25) is 5.91 Å². The number of carbonyl (C=O) groups is 1. The number of aromatic nitrogens is 2.